The quantitative estimate of drug-likeness (QED) is 0.773. The van der Waals surface area contributed by atoms with Gasteiger partial charge in [0.05, 0.1) is 11.3 Å². The predicted molar refractivity (Wildman–Crippen MR) is 103 cm³/mol. The van der Waals surface area contributed by atoms with Crippen LogP contribution in [0.25, 0.3) is 10.9 Å². The van der Waals surface area contributed by atoms with Crippen LogP contribution in [0.1, 0.15) is 21.7 Å². The molecule has 1 aromatic carbocycles. The number of carbonyl (C=O) groups is 2. The first-order chi connectivity index (χ1) is 12.7. The Morgan fingerprint density at radius 2 is 1.81 bits per heavy atom. The van der Waals surface area contributed by atoms with E-state index in [2.05, 4.69) is 4.98 Å². The third kappa shape index (κ3) is 3.37. The Bertz CT molecular complexity index is 916. The van der Waals surface area contributed by atoms with Crippen LogP contribution >= 0.6 is 11.3 Å². The van der Waals surface area contributed by atoms with Gasteiger partial charge < -0.3 is 14.8 Å². The zero-order chi connectivity index (χ0) is 17.9. The summed E-state index contributed by atoms with van der Waals surface area (Å²) in [5, 5.41) is 3.02. The summed E-state index contributed by atoms with van der Waals surface area (Å²) in [5.41, 5.74) is 2.08. The van der Waals surface area contributed by atoms with Gasteiger partial charge in [-0.15, -0.1) is 11.3 Å². The number of aromatic nitrogens is 1. The second kappa shape index (κ2) is 7.33. The van der Waals surface area contributed by atoms with Crippen LogP contribution in [0.2, 0.25) is 0 Å². The number of benzene rings is 1. The van der Waals surface area contributed by atoms with Gasteiger partial charge in [0.25, 0.3) is 5.91 Å². The van der Waals surface area contributed by atoms with E-state index < -0.39 is 0 Å². The summed E-state index contributed by atoms with van der Waals surface area (Å²) < 4.78 is 0. The number of hydrogen-bond donors (Lipinski definition) is 1. The molecule has 4 rings (SSSR count). The van der Waals surface area contributed by atoms with Gasteiger partial charge in [0.1, 0.15) is 0 Å². The zero-order valence-electron chi connectivity index (χ0n) is 14.5. The second-order valence-corrected chi connectivity index (χ2v) is 7.49. The molecule has 1 aliphatic heterocycles. The largest absolute Gasteiger partial charge is 0.361 e. The van der Waals surface area contributed by atoms with Gasteiger partial charge in [0, 0.05) is 43.3 Å². The van der Waals surface area contributed by atoms with Crippen molar-refractivity contribution in [3.05, 3.63) is 58.4 Å². The zero-order valence-corrected chi connectivity index (χ0v) is 15.3. The number of rotatable bonds is 3. The maximum absolute atomic E-state index is 12.8. The van der Waals surface area contributed by atoms with Crippen molar-refractivity contribution in [3.8, 4) is 0 Å². The average molecular weight is 367 g/mol. The third-order valence-corrected chi connectivity index (χ3v) is 5.74. The summed E-state index contributed by atoms with van der Waals surface area (Å²) in [5.74, 6) is 0.200. The molecule has 6 heteroatoms. The number of amides is 2. The van der Waals surface area contributed by atoms with E-state index in [1.54, 1.807) is 0 Å². The molecule has 1 fully saturated rings. The minimum atomic E-state index is 0.0749. The smallest absolute Gasteiger partial charge is 0.263 e. The normalized spacial score (nSPS) is 15.2. The molecule has 1 saturated heterocycles. The van der Waals surface area contributed by atoms with Crippen molar-refractivity contribution in [2.45, 2.75) is 12.8 Å². The van der Waals surface area contributed by atoms with Gasteiger partial charge in [-0.25, -0.2) is 0 Å². The average Bonchev–Trinajstić information content (AvgIpc) is 3.26. The summed E-state index contributed by atoms with van der Waals surface area (Å²) in [6.45, 7) is 2.59. The van der Waals surface area contributed by atoms with Crippen LogP contribution < -0.4 is 0 Å². The van der Waals surface area contributed by atoms with Crippen molar-refractivity contribution < 1.29 is 9.59 Å². The lowest BCUT2D eigenvalue weighted by Crippen LogP contribution is -2.37. The van der Waals surface area contributed by atoms with Crippen LogP contribution in [0.15, 0.2) is 48.0 Å². The van der Waals surface area contributed by atoms with Gasteiger partial charge in [0.2, 0.25) is 5.91 Å². The molecule has 2 amide bonds. The molecule has 0 spiro atoms. The topological polar surface area (TPSA) is 56.4 Å². The summed E-state index contributed by atoms with van der Waals surface area (Å²) in [4.78, 5) is 33.0. The monoisotopic (exact) mass is 367 g/mol. The van der Waals surface area contributed by atoms with Crippen LogP contribution in [0, 0.1) is 0 Å². The van der Waals surface area contributed by atoms with Gasteiger partial charge in [0.15, 0.2) is 0 Å². The molecule has 0 radical (unpaired) electrons. The molecule has 0 unspecified atom stereocenters. The third-order valence-electron chi connectivity index (χ3n) is 4.88. The molecular formula is C20H21N3O2S. The van der Waals surface area contributed by atoms with Crippen molar-refractivity contribution in [3.63, 3.8) is 0 Å². The lowest BCUT2D eigenvalue weighted by Gasteiger charge is -2.22. The van der Waals surface area contributed by atoms with Crippen molar-refractivity contribution >= 4 is 34.1 Å². The molecule has 1 aliphatic rings. The summed E-state index contributed by atoms with van der Waals surface area (Å²) in [6, 6.07) is 11.8. The first-order valence-corrected chi connectivity index (χ1v) is 9.76. The number of fused-ring (bicyclic) bond motifs is 1. The van der Waals surface area contributed by atoms with Crippen LogP contribution in [-0.4, -0.2) is 52.8 Å². The summed E-state index contributed by atoms with van der Waals surface area (Å²) >= 11 is 1.47. The lowest BCUT2D eigenvalue weighted by atomic mass is 10.1. The molecule has 3 aromatic rings. The fraction of sp³-hybridized carbons (Fsp3) is 0.300. The second-order valence-electron chi connectivity index (χ2n) is 6.54. The fourth-order valence-electron chi connectivity index (χ4n) is 3.48. The van der Waals surface area contributed by atoms with E-state index >= 15 is 0 Å². The Morgan fingerprint density at radius 1 is 1.00 bits per heavy atom. The van der Waals surface area contributed by atoms with Gasteiger partial charge in [-0.1, -0.05) is 24.3 Å². The maximum Gasteiger partial charge on any atom is 0.263 e. The summed E-state index contributed by atoms with van der Waals surface area (Å²) in [6.07, 6.45) is 3.13. The van der Waals surface area contributed by atoms with Crippen molar-refractivity contribution in [1.29, 1.82) is 0 Å². The highest BCUT2D eigenvalue weighted by atomic mass is 32.1. The van der Waals surface area contributed by atoms with Gasteiger partial charge >= 0.3 is 0 Å². The Kier molecular flexibility index (Phi) is 4.75. The first kappa shape index (κ1) is 16.8. The van der Waals surface area contributed by atoms with Gasteiger partial charge in [-0.2, -0.15) is 0 Å². The molecule has 134 valence electrons. The van der Waals surface area contributed by atoms with Gasteiger partial charge in [-0.05, 0) is 29.5 Å². The number of aromatic amines is 1. The Hall–Kier alpha value is -2.60. The molecule has 5 nitrogen and oxygen atoms in total. The minimum absolute atomic E-state index is 0.0749. The van der Waals surface area contributed by atoms with Crippen molar-refractivity contribution in [2.75, 3.05) is 26.2 Å². The lowest BCUT2D eigenvalue weighted by molar-refractivity contribution is -0.130. The van der Waals surface area contributed by atoms with E-state index in [0.717, 1.165) is 27.8 Å². The fourth-order valence-corrected chi connectivity index (χ4v) is 4.17. The standard InChI is InChI=1S/C20H21N3O2S/c24-19(13-15-14-21-17-6-2-1-5-16(15)17)22-8-4-9-23(11-10-22)20(25)18-7-3-12-26-18/h1-3,5-7,12,14,21H,4,8-11,13H2. The highest BCUT2D eigenvalue weighted by Gasteiger charge is 2.23. The molecule has 3 heterocycles. The minimum Gasteiger partial charge on any atom is -0.361 e. The predicted octanol–water partition coefficient (Wildman–Crippen LogP) is 3.15. The first-order valence-electron chi connectivity index (χ1n) is 8.88. The number of carbonyl (C=O) groups excluding carboxylic acids is 2. The van der Waals surface area contributed by atoms with E-state index in [1.807, 2.05) is 57.8 Å². The maximum atomic E-state index is 12.8. The number of thiophene rings is 1. The number of nitrogens with zero attached hydrogens (tertiary/aromatic N) is 2. The molecule has 26 heavy (non-hydrogen) atoms. The van der Waals surface area contributed by atoms with Crippen LogP contribution in [0.3, 0.4) is 0 Å². The van der Waals surface area contributed by atoms with Crippen LogP contribution in [-0.2, 0) is 11.2 Å². The van der Waals surface area contributed by atoms with E-state index in [0.29, 0.717) is 32.6 Å². The van der Waals surface area contributed by atoms with E-state index in [9.17, 15) is 9.59 Å². The molecular weight excluding hydrogens is 346 g/mol. The van der Waals surface area contributed by atoms with Crippen molar-refractivity contribution in [2.24, 2.45) is 0 Å². The number of para-hydroxylation sites is 1. The Labute approximate surface area is 156 Å². The van der Waals surface area contributed by atoms with Crippen molar-refractivity contribution in [1.82, 2.24) is 14.8 Å². The molecule has 0 bridgehead atoms. The highest BCUT2D eigenvalue weighted by molar-refractivity contribution is 7.12. The molecule has 1 N–H and O–H groups in total. The summed E-state index contributed by atoms with van der Waals surface area (Å²) in [7, 11) is 0. The SMILES string of the molecule is O=C(Cc1c[nH]c2ccccc12)N1CCCN(C(=O)c2cccs2)CC1. The van der Waals surface area contributed by atoms with E-state index in [1.165, 1.54) is 11.3 Å². The van der Waals surface area contributed by atoms with Gasteiger partial charge in [-0.3, -0.25) is 9.59 Å². The van der Waals surface area contributed by atoms with Crippen LogP contribution in [0.4, 0.5) is 0 Å². The Balaban J connectivity index is 1.40. The Morgan fingerprint density at radius 3 is 2.65 bits per heavy atom. The number of nitrogens with one attached hydrogen (secondary N) is 1. The molecule has 0 atom stereocenters. The molecule has 0 saturated carbocycles. The molecule has 2 aromatic heterocycles. The van der Waals surface area contributed by atoms with E-state index in [-0.39, 0.29) is 11.8 Å². The van der Waals surface area contributed by atoms with E-state index in [4.69, 9.17) is 0 Å². The highest BCUT2D eigenvalue weighted by Crippen LogP contribution is 2.19. The molecule has 0 aliphatic carbocycles. The van der Waals surface area contributed by atoms with Crippen LogP contribution in [0.5, 0.6) is 0 Å². The number of hydrogen-bond acceptors (Lipinski definition) is 3. The number of H-pyrrole nitrogens is 1.